The molecule has 1 heterocycles. The van der Waals surface area contributed by atoms with E-state index in [-0.39, 0.29) is 25.7 Å². The number of aliphatic carboxylic acids is 1. The van der Waals surface area contributed by atoms with Crippen LogP contribution < -0.4 is 0 Å². The molecule has 1 N–H and O–H groups in total. The molecule has 1 aliphatic heterocycles. The molecule has 1 saturated heterocycles. The summed E-state index contributed by atoms with van der Waals surface area (Å²) in [5.41, 5.74) is 0.334. The molecule has 0 spiro atoms. The van der Waals surface area contributed by atoms with Crippen LogP contribution in [0.4, 0.5) is 4.79 Å². The van der Waals surface area contributed by atoms with Crippen molar-refractivity contribution in [1.82, 2.24) is 9.80 Å². The average Bonchev–Trinajstić information content (AvgIpc) is 2.49. The van der Waals surface area contributed by atoms with Gasteiger partial charge in [0.15, 0.2) is 0 Å². The van der Waals surface area contributed by atoms with Crippen LogP contribution in [0.1, 0.15) is 26.3 Å². The Morgan fingerprint density at radius 2 is 1.88 bits per heavy atom. The van der Waals surface area contributed by atoms with E-state index in [0.717, 1.165) is 5.56 Å². The molecule has 1 aromatic carbocycles. The quantitative estimate of drug-likeness (QED) is 0.896. The van der Waals surface area contributed by atoms with Gasteiger partial charge in [-0.15, -0.1) is 0 Å². The predicted molar refractivity (Wildman–Crippen MR) is 91.1 cm³/mol. The van der Waals surface area contributed by atoms with Gasteiger partial charge in [-0.25, -0.2) is 4.79 Å². The van der Waals surface area contributed by atoms with E-state index in [1.807, 2.05) is 30.3 Å². The van der Waals surface area contributed by atoms with Crippen LogP contribution in [0.2, 0.25) is 0 Å². The molecule has 7 nitrogen and oxygen atoms in total. The number of rotatable bonds is 4. The number of benzene rings is 1. The average molecular weight is 348 g/mol. The molecular weight excluding hydrogens is 324 g/mol. The highest BCUT2D eigenvalue weighted by atomic mass is 16.6. The van der Waals surface area contributed by atoms with Crippen molar-refractivity contribution in [2.24, 2.45) is 0 Å². The lowest BCUT2D eigenvalue weighted by atomic mass is 10.0. The molecule has 2 rings (SSSR count). The van der Waals surface area contributed by atoms with Crippen molar-refractivity contribution < 1.29 is 24.2 Å². The Kier molecular flexibility index (Phi) is 5.66. The number of amides is 2. The summed E-state index contributed by atoms with van der Waals surface area (Å²) in [5.74, 6) is -1.46. The first-order valence-corrected chi connectivity index (χ1v) is 8.19. The number of nitrogens with zero attached hydrogens (tertiary/aromatic N) is 2. The van der Waals surface area contributed by atoms with Gasteiger partial charge in [0.1, 0.15) is 18.7 Å². The summed E-state index contributed by atoms with van der Waals surface area (Å²) < 4.78 is 5.41. The third-order valence-electron chi connectivity index (χ3n) is 3.80. The highest BCUT2D eigenvalue weighted by molar-refractivity contribution is 5.86. The highest BCUT2D eigenvalue weighted by Crippen LogP contribution is 2.19. The van der Waals surface area contributed by atoms with Crippen molar-refractivity contribution in [2.75, 3.05) is 19.6 Å². The van der Waals surface area contributed by atoms with Crippen LogP contribution >= 0.6 is 0 Å². The van der Waals surface area contributed by atoms with Gasteiger partial charge in [0.2, 0.25) is 5.91 Å². The molecule has 0 aromatic heterocycles. The van der Waals surface area contributed by atoms with Gasteiger partial charge >= 0.3 is 12.1 Å². The zero-order chi connectivity index (χ0) is 18.6. The lowest BCUT2D eigenvalue weighted by molar-refractivity contribution is -0.148. The van der Waals surface area contributed by atoms with Crippen LogP contribution in [-0.2, 0) is 20.7 Å². The SMILES string of the molecule is CC(C)(C)OC(=O)N1CC(=O)N(CC(=O)O)CC1Cc1ccccc1. The summed E-state index contributed by atoms with van der Waals surface area (Å²) >= 11 is 0. The summed E-state index contributed by atoms with van der Waals surface area (Å²) in [5, 5.41) is 8.99. The second kappa shape index (κ2) is 7.55. The fourth-order valence-corrected chi connectivity index (χ4v) is 2.74. The van der Waals surface area contributed by atoms with Gasteiger partial charge in [0, 0.05) is 6.54 Å². The van der Waals surface area contributed by atoms with Gasteiger partial charge in [-0.2, -0.15) is 0 Å². The molecule has 0 radical (unpaired) electrons. The zero-order valence-electron chi connectivity index (χ0n) is 14.8. The fourth-order valence-electron chi connectivity index (χ4n) is 2.74. The number of carboxylic acids is 1. The van der Waals surface area contributed by atoms with Crippen LogP contribution in [0.15, 0.2) is 30.3 Å². The second-order valence-electron chi connectivity index (χ2n) is 7.12. The molecule has 136 valence electrons. The molecular formula is C18H24N2O5. The molecule has 7 heteroatoms. The monoisotopic (exact) mass is 348 g/mol. The summed E-state index contributed by atoms with van der Waals surface area (Å²) in [7, 11) is 0. The van der Waals surface area contributed by atoms with E-state index in [1.165, 1.54) is 9.80 Å². The van der Waals surface area contributed by atoms with Crippen molar-refractivity contribution in [3.05, 3.63) is 35.9 Å². The highest BCUT2D eigenvalue weighted by Gasteiger charge is 2.37. The normalized spacial score (nSPS) is 18.2. The first kappa shape index (κ1) is 18.8. The third kappa shape index (κ3) is 5.48. The summed E-state index contributed by atoms with van der Waals surface area (Å²) in [6.45, 7) is 4.91. The van der Waals surface area contributed by atoms with Crippen molar-refractivity contribution in [3.8, 4) is 0 Å². The summed E-state index contributed by atoms with van der Waals surface area (Å²) in [4.78, 5) is 38.4. The van der Waals surface area contributed by atoms with Crippen molar-refractivity contribution in [1.29, 1.82) is 0 Å². The lowest BCUT2D eigenvalue weighted by Gasteiger charge is -2.40. The van der Waals surface area contributed by atoms with E-state index in [9.17, 15) is 14.4 Å². The van der Waals surface area contributed by atoms with E-state index in [2.05, 4.69) is 0 Å². The molecule has 1 aliphatic rings. The van der Waals surface area contributed by atoms with Crippen LogP contribution in [0, 0.1) is 0 Å². The number of ether oxygens (including phenoxy) is 1. The minimum atomic E-state index is -1.07. The van der Waals surface area contributed by atoms with Gasteiger partial charge in [0.25, 0.3) is 0 Å². The van der Waals surface area contributed by atoms with E-state index in [4.69, 9.17) is 9.84 Å². The summed E-state index contributed by atoms with van der Waals surface area (Å²) in [6, 6.07) is 9.23. The zero-order valence-corrected chi connectivity index (χ0v) is 14.8. The smallest absolute Gasteiger partial charge is 0.411 e. The van der Waals surface area contributed by atoms with Gasteiger partial charge < -0.3 is 14.7 Å². The molecule has 0 saturated carbocycles. The van der Waals surface area contributed by atoms with Crippen molar-refractivity contribution in [2.45, 2.75) is 38.8 Å². The molecule has 1 unspecified atom stereocenters. The lowest BCUT2D eigenvalue weighted by Crippen LogP contribution is -2.60. The van der Waals surface area contributed by atoms with E-state index in [1.54, 1.807) is 20.8 Å². The molecule has 1 atom stereocenters. The predicted octanol–water partition coefficient (Wildman–Crippen LogP) is 1.76. The number of carbonyl (C=O) groups is 3. The van der Waals surface area contributed by atoms with E-state index < -0.39 is 23.6 Å². The molecule has 0 aliphatic carbocycles. The van der Waals surface area contributed by atoms with Gasteiger partial charge in [-0.3, -0.25) is 14.5 Å². The number of hydrogen-bond acceptors (Lipinski definition) is 4. The summed E-state index contributed by atoms with van der Waals surface area (Å²) in [6.07, 6.45) is -0.0412. The maximum absolute atomic E-state index is 12.5. The number of hydrogen-bond donors (Lipinski definition) is 1. The van der Waals surface area contributed by atoms with Gasteiger partial charge in [-0.1, -0.05) is 30.3 Å². The van der Waals surface area contributed by atoms with Crippen LogP contribution in [0.3, 0.4) is 0 Å². The fraction of sp³-hybridized carbons (Fsp3) is 0.500. The Hall–Kier alpha value is -2.57. The van der Waals surface area contributed by atoms with E-state index >= 15 is 0 Å². The molecule has 25 heavy (non-hydrogen) atoms. The third-order valence-corrected chi connectivity index (χ3v) is 3.80. The topological polar surface area (TPSA) is 87.2 Å². The Labute approximate surface area is 147 Å². The largest absolute Gasteiger partial charge is 0.480 e. The van der Waals surface area contributed by atoms with Gasteiger partial charge in [-0.05, 0) is 32.8 Å². The second-order valence-corrected chi connectivity index (χ2v) is 7.12. The standard InChI is InChI=1S/C18H24N2O5/c1-18(2,3)25-17(24)20-11-15(21)19(12-16(22)23)10-14(20)9-13-7-5-4-6-8-13/h4-8,14H,9-12H2,1-3H3,(H,22,23). The molecule has 1 fully saturated rings. The number of carbonyl (C=O) groups excluding carboxylic acids is 2. The van der Waals surface area contributed by atoms with Gasteiger partial charge in [0.05, 0.1) is 6.04 Å². The van der Waals surface area contributed by atoms with E-state index in [0.29, 0.717) is 6.42 Å². The Morgan fingerprint density at radius 3 is 2.44 bits per heavy atom. The molecule has 1 aromatic rings. The van der Waals surface area contributed by atoms with Crippen LogP contribution in [0.5, 0.6) is 0 Å². The maximum atomic E-state index is 12.5. The number of piperazine rings is 1. The molecule has 2 amide bonds. The van der Waals surface area contributed by atoms with Crippen molar-refractivity contribution >= 4 is 18.0 Å². The Balaban J connectivity index is 2.20. The Morgan fingerprint density at radius 1 is 1.24 bits per heavy atom. The van der Waals surface area contributed by atoms with Crippen LogP contribution in [0.25, 0.3) is 0 Å². The first-order valence-electron chi connectivity index (χ1n) is 8.19. The minimum absolute atomic E-state index is 0.166. The number of carboxylic acid groups (broad SMARTS) is 1. The van der Waals surface area contributed by atoms with Crippen LogP contribution in [-0.4, -0.2) is 64.2 Å². The maximum Gasteiger partial charge on any atom is 0.411 e. The molecule has 0 bridgehead atoms. The van der Waals surface area contributed by atoms with Crippen molar-refractivity contribution in [3.63, 3.8) is 0 Å². The Bertz CT molecular complexity index is 639. The first-order chi connectivity index (χ1) is 11.7. The minimum Gasteiger partial charge on any atom is -0.480 e.